The van der Waals surface area contributed by atoms with E-state index >= 15 is 0 Å². The maximum absolute atomic E-state index is 11.1. The summed E-state index contributed by atoms with van der Waals surface area (Å²) in [6.45, 7) is 5.99. The van der Waals surface area contributed by atoms with Crippen molar-refractivity contribution >= 4 is 5.78 Å². The van der Waals surface area contributed by atoms with Crippen molar-refractivity contribution in [2.45, 2.75) is 26.2 Å². The average molecular weight is 136 g/mol. The van der Waals surface area contributed by atoms with Gasteiger partial charge in [0.05, 0.1) is 0 Å². The van der Waals surface area contributed by atoms with Crippen molar-refractivity contribution in [3.8, 4) is 0 Å². The van der Waals surface area contributed by atoms with Crippen LogP contribution in [0.25, 0.3) is 0 Å². The number of Topliss-reactive ketones (excluding diaryl/α,β-unsaturated/α-hetero) is 1. The van der Waals surface area contributed by atoms with E-state index in [1.807, 2.05) is 0 Å². The summed E-state index contributed by atoms with van der Waals surface area (Å²) in [7, 11) is 0. The molecule has 0 N–H and O–H groups in total. The summed E-state index contributed by atoms with van der Waals surface area (Å²) in [5, 5.41) is 0. The smallest absolute Gasteiger partial charge is 0.136 e. The van der Waals surface area contributed by atoms with Crippen molar-refractivity contribution in [2.75, 3.05) is 0 Å². The molecule has 2 fully saturated rings. The van der Waals surface area contributed by atoms with E-state index in [1.54, 1.807) is 0 Å². The molecular weight excluding hydrogens is 124 g/mol. The molecule has 10 heavy (non-hydrogen) atoms. The quantitative estimate of drug-likeness (QED) is 0.503. The van der Waals surface area contributed by atoms with Crippen molar-refractivity contribution in [3.63, 3.8) is 0 Å². The first-order chi connectivity index (χ1) is 4.67. The molecule has 2 saturated carbocycles. The average Bonchev–Trinajstić information content (AvgIpc) is 2.52. The largest absolute Gasteiger partial charge is 0.299 e. The van der Waals surface area contributed by atoms with Gasteiger partial charge in [0, 0.05) is 17.8 Å². The predicted octanol–water partition coefficient (Wildman–Crippen LogP) is 1.93. The molecule has 2 atom stereocenters. The highest BCUT2D eigenvalue weighted by Gasteiger charge is 2.61. The van der Waals surface area contributed by atoms with Crippen LogP contribution in [-0.2, 0) is 4.79 Å². The number of carbonyl (C=O) groups excluding carboxylic acids is 1. The van der Waals surface area contributed by atoms with E-state index in [9.17, 15) is 4.79 Å². The van der Waals surface area contributed by atoms with Gasteiger partial charge < -0.3 is 0 Å². The molecule has 1 heteroatoms. The predicted molar refractivity (Wildman–Crippen MR) is 39.6 cm³/mol. The molecule has 1 nitrogen and oxygen atoms in total. The number of allylic oxidation sites excluding steroid dienone is 1. The number of rotatable bonds is 1. The van der Waals surface area contributed by atoms with Crippen molar-refractivity contribution in [3.05, 3.63) is 12.2 Å². The summed E-state index contributed by atoms with van der Waals surface area (Å²) in [5.41, 5.74) is 1.51. The Labute approximate surface area is 61.1 Å². The molecule has 0 amide bonds. The van der Waals surface area contributed by atoms with Gasteiger partial charge in [-0.05, 0) is 19.8 Å². The molecule has 2 unspecified atom stereocenters. The lowest BCUT2D eigenvalue weighted by atomic mass is 9.96. The zero-order valence-corrected chi connectivity index (χ0v) is 6.31. The summed E-state index contributed by atoms with van der Waals surface area (Å²) in [4.78, 5) is 11.1. The molecule has 0 heterocycles. The first kappa shape index (κ1) is 6.14. The lowest BCUT2D eigenvalue weighted by Crippen LogP contribution is -1.98. The summed E-state index contributed by atoms with van der Waals surface area (Å²) >= 11 is 0. The SMILES string of the molecule is C=C(C)C12CCC(=O)C1C2. The summed E-state index contributed by atoms with van der Waals surface area (Å²) in [6.07, 6.45) is 2.98. The molecule has 0 aromatic carbocycles. The molecule has 0 radical (unpaired) electrons. The van der Waals surface area contributed by atoms with Gasteiger partial charge >= 0.3 is 0 Å². The zero-order chi connectivity index (χ0) is 7.35. The maximum atomic E-state index is 11.1. The van der Waals surface area contributed by atoms with E-state index in [2.05, 4.69) is 13.5 Å². The second-order valence-corrected chi connectivity index (χ2v) is 3.66. The van der Waals surface area contributed by atoms with Crippen LogP contribution in [0.5, 0.6) is 0 Å². The fourth-order valence-electron chi connectivity index (χ4n) is 2.21. The minimum absolute atomic E-state index is 0.289. The standard InChI is InChI=1S/C9H12O/c1-6(2)9-4-3-8(10)7(9)5-9/h7H,1,3-5H2,2H3. The number of hydrogen-bond acceptors (Lipinski definition) is 1. The van der Waals surface area contributed by atoms with Crippen LogP contribution >= 0.6 is 0 Å². The molecular formula is C9H12O. The molecule has 0 spiro atoms. The number of hydrogen-bond donors (Lipinski definition) is 0. The zero-order valence-electron chi connectivity index (χ0n) is 6.31. The normalized spacial score (nSPS) is 43.3. The Bertz CT molecular complexity index is 217. The van der Waals surface area contributed by atoms with Crippen LogP contribution in [0.2, 0.25) is 0 Å². The third kappa shape index (κ3) is 0.511. The highest BCUT2D eigenvalue weighted by molar-refractivity contribution is 5.88. The third-order valence-corrected chi connectivity index (χ3v) is 3.13. The number of fused-ring (bicyclic) bond motifs is 1. The van der Waals surface area contributed by atoms with Gasteiger partial charge in [0.25, 0.3) is 0 Å². The molecule has 0 saturated heterocycles. The maximum Gasteiger partial charge on any atom is 0.136 e. The van der Waals surface area contributed by atoms with Gasteiger partial charge in [-0.1, -0.05) is 12.2 Å². The first-order valence-electron chi connectivity index (χ1n) is 3.85. The van der Waals surface area contributed by atoms with Gasteiger partial charge in [-0.2, -0.15) is 0 Å². The van der Waals surface area contributed by atoms with Crippen molar-refractivity contribution in [1.82, 2.24) is 0 Å². The van der Waals surface area contributed by atoms with E-state index in [4.69, 9.17) is 0 Å². The Balaban J connectivity index is 2.25. The summed E-state index contributed by atoms with van der Waals surface area (Å²) in [6, 6.07) is 0. The fraction of sp³-hybridized carbons (Fsp3) is 0.667. The summed E-state index contributed by atoms with van der Waals surface area (Å²) < 4.78 is 0. The van der Waals surface area contributed by atoms with Gasteiger partial charge in [0.1, 0.15) is 5.78 Å². The second-order valence-electron chi connectivity index (χ2n) is 3.66. The molecule has 0 aromatic rings. The minimum atomic E-state index is 0.289. The van der Waals surface area contributed by atoms with Gasteiger partial charge in [-0.3, -0.25) is 4.79 Å². The highest BCUT2D eigenvalue weighted by atomic mass is 16.1. The van der Waals surface area contributed by atoms with Crippen LogP contribution < -0.4 is 0 Å². The van der Waals surface area contributed by atoms with Crippen molar-refractivity contribution in [1.29, 1.82) is 0 Å². The van der Waals surface area contributed by atoms with Gasteiger partial charge in [-0.25, -0.2) is 0 Å². The second kappa shape index (κ2) is 1.52. The van der Waals surface area contributed by atoms with Crippen molar-refractivity contribution in [2.24, 2.45) is 11.3 Å². The molecule has 0 aromatic heterocycles. The van der Waals surface area contributed by atoms with Crippen LogP contribution in [0, 0.1) is 11.3 Å². The Hall–Kier alpha value is -0.590. The van der Waals surface area contributed by atoms with E-state index in [0.717, 1.165) is 19.3 Å². The lowest BCUT2D eigenvalue weighted by molar-refractivity contribution is -0.119. The molecule has 54 valence electrons. The van der Waals surface area contributed by atoms with Gasteiger partial charge in [-0.15, -0.1) is 0 Å². The van der Waals surface area contributed by atoms with Crippen LogP contribution in [-0.4, -0.2) is 5.78 Å². The van der Waals surface area contributed by atoms with Crippen LogP contribution in [0.1, 0.15) is 26.2 Å². The van der Waals surface area contributed by atoms with E-state index in [1.165, 1.54) is 5.57 Å². The van der Waals surface area contributed by atoms with Gasteiger partial charge in [0.15, 0.2) is 0 Å². The minimum Gasteiger partial charge on any atom is -0.299 e. The topological polar surface area (TPSA) is 17.1 Å². The summed E-state index contributed by atoms with van der Waals surface area (Å²) in [5.74, 6) is 0.855. The van der Waals surface area contributed by atoms with E-state index in [-0.39, 0.29) is 5.41 Å². The molecule has 0 aliphatic heterocycles. The van der Waals surface area contributed by atoms with E-state index < -0.39 is 0 Å². The van der Waals surface area contributed by atoms with Crippen LogP contribution in [0.4, 0.5) is 0 Å². The molecule has 2 aliphatic carbocycles. The number of ketones is 1. The Morgan fingerprint density at radius 2 is 2.50 bits per heavy atom. The highest BCUT2D eigenvalue weighted by Crippen LogP contribution is 2.65. The Kier molecular flexibility index (Phi) is 0.936. The Morgan fingerprint density at radius 3 is 2.70 bits per heavy atom. The lowest BCUT2D eigenvalue weighted by Gasteiger charge is -2.08. The molecule has 2 rings (SSSR count). The molecule has 2 aliphatic rings. The fourth-order valence-corrected chi connectivity index (χ4v) is 2.21. The van der Waals surface area contributed by atoms with Crippen molar-refractivity contribution < 1.29 is 4.79 Å². The first-order valence-corrected chi connectivity index (χ1v) is 3.85. The molecule has 0 bridgehead atoms. The third-order valence-electron chi connectivity index (χ3n) is 3.13. The van der Waals surface area contributed by atoms with Crippen LogP contribution in [0.15, 0.2) is 12.2 Å². The Morgan fingerprint density at radius 1 is 1.80 bits per heavy atom. The monoisotopic (exact) mass is 136 g/mol. The number of carbonyl (C=O) groups is 1. The van der Waals surface area contributed by atoms with E-state index in [0.29, 0.717) is 11.7 Å². The van der Waals surface area contributed by atoms with Crippen LogP contribution in [0.3, 0.4) is 0 Å². The van der Waals surface area contributed by atoms with Gasteiger partial charge in [0.2, 0.25) is 0 Å².